The van der Waals surface area contributed by atoms with Crippen molar-refractivity contribution in [3.63, 3.8) is 0 Å². The molecule has 3 nitrogen and oxygen atoms in total. The van der Waals surface area contributed by atoms with Crippen molar-refractivity contribution in [2.24, 2.45) is 0 Å². The first-order valence-corrected chi connectivity index (χ1v) is 14.9. The van der Waals surface area contributed by atoms with Gasteiger partial charge in [-0.1, -0.05) is 97.1 Å². The van der Waals surface area contributed by atoms with Crippen LogP contribution in [0.25, 0.3) is 65.4 Å². The molecule has 206 valence electrons. The first-order valence-electron chi connectivity index (χ1n) is 14.9. The van der Waals surface area contributed by atoms with Crippen LogP contribution in [-0.4, -0.2) is 4.98 Å². The van der Waals surface area contributed by atoms with Gasteiger partial charge in [0.2, 0.25) is 0 Å². The Morgan fingerprint density at radius 1 is 0.432 bits per heavy atom. The Morgan fingerprint density at radius 3 is 1.89 bits per heavy atom. The number of anilines is 3. The topological polar surface area (TPSA) is 29.3 Å². The summed E-state index contributed by atoms with van der Waals surface area (Å²) in [4.78, 5) is 6.72. The third-order valence-electron chi connectivity index (χ3n) is 8.71. The highest BCUT2D eigenvalue weighted by atomic mass is 16.3. The molecule has 3 heteroatoms. The molecule has 0 amide bonds. The first-order chi connectivity index (χ1) is 21.8. The molecule has 9 aromatic rings. The Kier molecular flexibility index (Phi) is 5.50. The summed E-state index contributed by atoms with van der Waals surface area (Å²) in [5, 5.41) is 9.56. The Morgan fingerprint density at radius 2 is 1.05 bits per heavy atom. The molecule has 0 unspecified atom stereocenters. The Bertz CT molecular complexity index is 2490. The van der Waals surface area contributed by atoms with Gasteiger partial charge in [0.1, 0.15) is 11.2 Å². The fraction of sp³-hybridized carbons (Fsp3) is 0. The molecule has 0 fully saturated rings. The molecule has 0 aliphatic rings. The van der Waals surface area contributed by atoms with E-state index in [-0.39, 0.29) is 0 Å². The van der Waals surface area contributed by atoms with Crippen LogP contribution >= 0.6 is 0 Å². The third-order valence-corrected chi connectivity index (χ3v) is 8.71. The number of hydrogen-bond acceptors (Lipinski definition) is 3. The number of pyridine rings is 1. The van der Waals surface area contributed by atoms with E-state index >= 15 is 0 Å². The number of furan rings is 1. The maximum atomic E-state index is 6.15. The van der Waals surface area contributed by atoms with Crippen LogP contribution in [0.3, 0.4) is 0 Å². The average molecular weight is 563 g/mol. The standard InChI is InChI=1S/C41H26N2O/c1-2-6-27(7-3-1)28-14-17-32(18-15-28)43(34-20-21-39-37(25-34)38-26-42-23-22-40(38)44-39)33-19-16-30-11-13-31-12-10-29-8-4-5-9-35(29)41(31)36(30)24-33/h1-26H. The number of nitrogens with zero attached hydrogens (tertiary/aromatic N) is 2. The molecule has 7 aromatic carbocycles. The van der Waals surface area contributed by atoms with Crippen LogP contribution < -0.4 is 4.90 Å². The molecule has 0 aliphatic carbocycles. The van der Waals surface area contributed by atoms with Gasteiger partial charge >= 0.3 is 0 Å². The van der Waals surface area contributed by atoms with E-state index in [1.807, 2.05) is 12.3 Å². The molecule has 0 N–H and O–H groups in total. The molecule has 0 bridgehead atoms. The molecule has 0 saturated heterocycles. The summed E-state index contributed by atoms with van der Waals surface area (Å²) < 4.78 is 6.15. The van der Waals surface area contributed by atoms with Gasteiger partial charge in [0.25, 0.3) is 0 Å². The van der Waals surface area contributed by atoms with Crippen molar-refractivity contribution < 1.29 is 4.42 Å². The van der Waals surface area contributed by atoms with Crippen LogP contribution in [0.5, 0.6) is 0 Å². The molecule has 0 atom stereocenters. The summed E-state index contributed by atoms with van der Waals surface area (Å²) in [6, 6.07) is 52.1. The minimum atomic E-state index is 0.843. The second-order valence-corrected chi connectivity index (χ2v) is 11.3. The Hall–Kier alpha value is -5.93. The second kappa shape index (κ2) is 9.82. The monoisotopic (exact) mass is 562 g/mol. The van der Waals surface area contributed by atoms with Gasteiger partial charge in [0, 0.05) is 40.2 Å². The van der Waals surface area contributed by atoms with Crippen molar-refractivity contribution in [3.05, 3.63) is 158 Å². The van der Waals surface area contributed by atoms with Crippen molar-refractivity contribution in [1.29, 1.82) is 0 Å². The van der Waals surface area contributed by atoms with E-state index < -0.39 is 0 Å². The highest BCUT2D eigenvalue weighted by Gasteiger charge is 2.17. The molecule has 0 saturated carbocycles. The predicted octanol–water partition coefficient (Wildman–Crippen LogP) is 11.6. The van der Waals surface area contributed by atoms with E-state index in [2.05, 4.69) is 149 Å². The molecule has 9 rings (SSSR count). The molecule has 2 aromatic heterocycles. The molecule has 2 heterocycles. The lowest BCUT2D eigenvalue weighted by Crippen LogP contribution is -2.09. The molecule has 0 radical (unpaired) electrons. The zero-order valence-electron chi connectivity index (χ0n) is 23.8. The van der Waals surface area contributed by atoms with Gasteiger partial charge in [-0.15, -0.1) is 0 Å². The number of hydrogen-bond donors (Lipinski definition) is 0. The van der Waals surface area contributed by atoms with Crippen LogP contribution in [0, 0.1) is 0 Å². The summed E-state index contributed by atoms with van der Waals surface area (Å²) in [6.45, 7) is 0. The zero-order valence-corrected chi connectivity index (χ0v) is 23.8. The van der Waals surface area contributed by atoms with Gasteiger partial charge in [0.05, 0.1) is 0 Å². The molecule has 0 spiro atoms. The number of benzene rings is 7. The number of aromatic nitrogens is 1. The summed E-state index contributed by atoms with van der Waals surface area (Å²) in [7, 11) is 0. The summed E-state index contributed by atoms with van der Waals surface area (Å²) in [5.41, 5.74) is 7.32. The normalized spacial score (nSPS) is 11.6. The lowest BCUT2D eigenvalue weighted by atomic mass is 9.96. The number of fused-ring (bicyclic) bond motifs is 8. The van der Waals surface area contributed by atoms with Crippen molar-refractivity contribution in [2.45, 2.75) is 0 Å². The summed E-state index contributed by atoms with van der Waals surface area (Å²) >= 11 is 0. The fourth-order valence-corrected chi connectivity index (χ4v) is 6.58. The second-order valence-electron chi connectivity index (χ2n) is 11.3. The van der Waals surface area contributed by atoms with Crippen molar-refractivity contribution in [3.8, 4) is 11.1 Å². The van der Waals surface area contributed by atoms with Gasteiger partial charge in [-0.2, -0.15) is 0 Å². The minimum Gasteiger partial charge on any atom is -0.456 e. The molecular formula is C41H26N2O. The van der Waals surface area contributed by atoms with E-state index in [4.69, 9.17) is 4.42 Å². The van der Waals surface area contributed by atoms with Gasteiger partial charge in [0.15, 0.2) is 0 Å². The predicted molar refractivity (Wildman–Crippen MR) is 184 cm³/mol. The van der Waals surface area contributed by atoms with Gasteiger partial charge in [-0.05, 0) is 92.0 Å². The minimum absolute atomic E-state index is 0.843. The van der Waals surface area contributed by atoms with E-state index in [0.717, 1.165) is 39.0 Å². The smallest absolute Gasteiger partial charge is 0.138 e. The van der Waals surface area contributed by atoms with Crippen molar-refractivity contribution in [1.82, 2.24) is 4.98 Å². The maximum Gasteiger partial charge on any atom is 0.138 e. The zero-order chi connectivity index (χ0) is 29.0. The lowest BCUT2D eigenvalue weighted by Gasteiger charge is -2.26. The maximum absolute atomic E-state index is 6.15. The van der Waals surface area contributed by atoms with Crippen LogP contribution in [-0.2, 0) is 0 Å². The first kappa shape index (κ1) is 24.6. The summed E-state index contributed by atoms with van der Waals surface area (Å²) in [6.07, 6.45) is 3.66. The Labute approximate surface area is 254 Å². The highest BCUT2D eigenvalue weighted by Crippen LogP contribution is 2.41. The van der Waals surface area contributed by atoms with Gasteiger partial charge < -0.3 is 9.32 Å². The highest BCUT2D eigenvalue weighted by molar-refractivity contribution is 6.20. The van der Waals surface area contributed by atoms with E-state index in [1.165, 1.54) is 43.4 Å². The van der Waals surface area contributed by atoms with Crippen LogP contribution in [0.2, 0.25) is 0 Å². The fourth-order valence-electron chi connectivity index (χ4n) is 6.58. The molecule has 0 aliphatic heterocycles. The van der Waals surface area contributed by atoms with Crippen LogP contribution in [0.4, 0.5) is 17.1 Å². The lowest BCUT2D eigenvalue weighted by molar-refractivity contribution is 0.668. The van der Waals surface area contributed by atoms with Crippen LogP contribution in [0.1, 0.15) is 0 Å². The SMILES string of the molecule is c1ccc(-c2ccc(N(c3ccc4oc5ccncc5c4c3)c3ccc4ccc5ccc6ccccc6c5c4c3)cc2)cc1. The van der Waals surface area contributed by atoms with Gasteiger partial charge in [-0.3, -0.25) is 4.98 Å². The summed E-state index contributed by atoms with van der Waals surface area (Å²) in [5.74, 6) is 0. The molecular weight excluding hydrogens is 536 g/mol. The molecule has 44 heavy (non-hydrogen) atoms. The quantitative estimate of drug-likeness (QED) is 0.200. The largest absolute Gasteiger partial charge is 0.456 e. The van der Waals surface area contributed by atoms with E-state index in [9.17, 15) is 0 Å². The van der Waals surface area contributed by atoms with Crippen molar-refractivity contribution in [2.75, 3.05) is 4.90 Å². The third kappa shape index (κ3) is 3.94. The number of rotatable bonds is 4. The average Bonchev–Trinajstić information content (AvgIpc) is 3.47. The van der Waals surface area contributed by atoms with E-state index in [1.54, 1.807) is 6.20 Å². The van der Waals surface area contributed by atoms with Crippen molar-refractivity contribution >= 4 is 71.3 Å². The Balaban J connectivity index is 1.29. The van der Waals surface area contributed by atoms with Gasteiger partial charge in [-0.25, -0.2) is 0 Å². The van der Waals surface area contributed by atoms with E-state index in [0.29, 0.717) is 0 Å². The van der Waals surface area contributed by atoms with Crippen LogP contribution in [0.15, 0.2) is 162 Å².